The first-order valence-electron chi connectivity index (χ1n) is 9.06. The van der Waals surface area contributed by atoms with E-state index in [0.29, 0.717) is 28.7 Å². The van der Waals surface area contributed by atoms with Crippen molar-refractivity contribution in [2.45, 2.75) is 31.9 Å². The number of alkyl halides is 2. The number of nitrogens with two attached hydrogens (primary N) is 1. The van der Waals surface area contributed by atoms with Crippen molar-refractivity contribution in [2.24, 2.45) is 11.7 Å². The lowest BCUT2D eigenvalue weighted by Gasteiger charge is -2.34. The first-order chi connectivity index (χ1) is 13.8. The zero-order valence-corrected chi connectivity index (χ0v) is 16.4. The van der Waals surface area contributed by atoms with Gasteiger partial charge in [0, 0.05) is 30.4 Å². The van der Waals surface area contributed by atoms with E-state index in [1.165, 1.54) is 6.07 Å². The second-order valence-electron chi connectivity index (χ2n) is 6.69. The molecule has 3 N–H and O–H groups in total. The van der Waals surface area contributed by atoms with Gasteiger partial charge in [-0.2, -0.15) is 13.9 Å². The summed E-state index contributed by atoms with van der Waals surface area (Å²) in [5.74, 6) is -0.0112. The van der Waals surface area contributed by atoms with Gasteiger partial charge in [0.2, 0.25) is 0 Å². The third kappa shape index (κ3) is 6.50. The second-order valence-corrected chi connectivity index (χ2v) is 7.13. The molecule has 10 heteroatoms. The lowest BCUT2D eigenvalue weighted by Crippen LogP contribution is -2.44. The van der Waals surface area contributed by atoms with Gasteiger partial charge in [0.05, 0.1) is 0 Å². The number of piperidine rings is 1. The molecule has 1 atom stereocenters. The van der Waals surface area contributed by atoms with E-state index in [1.807, 2.05) is 24.3 Å². The molecule has 1 saturated heterocycles. The number of halogens is 3. The molecule has 0 radical (unpaired) electrons. The molecule has 0 bridgehead atoms. The minimum Gasteiger partial charge on any atom is -0.483 e. The number of hydrogen-bond donors (Lipinski definition) is 2. The van der Waals surface area contributed by atoms with Crippen molar-refractivity contribution in [1.29, 1.82) is 0 Å². The summed E-state index contributed by atoms with van der Waals surface area (Å²) in [7, 11) is 0. The summed E-state index contributed by atoms with van der Waals surface area (Å²) >= 11 is 6.01. The van der Waals surface area contributed by atoms with E-state index >= 15 is 0 Å². The topological polar surface area (TPSA) is 101 Å². The van der Waals surface area contributed by atoms with Gasteiger partial charge in [0.25, 0.3) is 12.4 Å². The lowest BCUT2D eigenvalue weighted by molar-refractivity contribution is -0.122. The summed E-state index contributed by atoms with van der Waals surface area (Å²) in [5.41, 5.74) is 7.50. The maximum absolute atomic E-state index is 12.6. The summed E-state index contributed by atoms with van der Waals surface area (Å²) in [4.78, 5) is 22.4. The zero-order valence-electron chi connectivity index (χ0n) is 15.6. The third-order valence-corrected chi connectivity index (χ3v) is 5.06. The molecule has 1 fully saturated rings. The summed E-state index contributed by atoms with van der Waals surface area (Å²) in [6, 6.07) is 8.97. The van der Waals surface area contributed by atoms with Gasteiger partial charge in [-0.3, -0.25) is 9.59 Å². The van der Waals surface area contributed by atoms with E-state index in [2.05, 4.69) is 5.10 Å². The number of hydrogen-bond acceptors (Lipinski definition) is 4. The van der Waals surface area contributed by atoms with E-state index in [0.717, 1.165) is 31.0 Å². The predicted molar refractivity (Wildman–Crippen MR) is 104 cm³/mol. The SMILES string of the molecule is NC(Cc1cccc(Cl)c1)C1CCN(C(=O)c2ccn(C(F)F)n2)CC1.O=CO. The van der Waals surface area contributed by atoms with Crippen molar-refractivity contribution >= 4 is 24.0 Å². The highest BCUT2D eigenvalue weighted by Crippen LogP contribution is 2.24. The number of amides is 1. The lowest BCUT2D eigenvalue weighted by atomic mass is 9.86. The molecular weight excluding hydrogens is 406 g/mol. The smallest absolute Gasteiger partial charge is 0.333 e. The summed E-state index contributed by atoms with van der Waals surface area (Å²) in [6.07, 6.45) is 3.41. The van der Waals surface area contributed by atoms with E-state index < -0.39 is 6.55 Å². The van der Waals surface area contributed by atoms with Crippen LogP contribution in [0.2, 0.25) is 5.02 Å². The van der Waals surface area contributed by atoms with E-state index in [-0.39, 0.29) is 24.1 Å². The summed E-state index contributed by atoms with van der Waals surface area (Å²) < 4.78 is 25.7. The van der Waals surface area contributed by atoms with Gasteiger partial charge in [-0.25, -0.2) is 4.68 Å². The zero-order chi connectivity index (χ0) is 21.4. The summed E-state index contributed by atoms with van der Waals surface area (Å²) in [5, 5.41) is 11.2. The molecular formula is C19H23ClF2N4O3. The summed E-state index contributed by atoms with van der Waals surface area (Å²) in [6.45, 7) is -1.89. The molecule has 1 aromatic heterocycles. The Balaban J connectivity index is 0.000000941. The van der Waals surface area contributed by atoms with E-state index in [1.54, 1.807) is 4.90 Å². The van der Waals surface area contributed by atoms with Gasteiger partial charge in [-0.1, -0.05) is 23.7 Å². The Hall–Kier alpha value is -2.52. The highest BCUT2D eigenvalue weighted by Gasteiger charge is 2.28. The van der Waals surface area contributed by atoms with Crippen molar-refractivity contribution in [3.63, 3.8) is 0 Å². The normalized spacial score (nSPS) is 15.6. The van der Waals surface area contributed by atoms with Crippen LogP contribution in [0.1, 0.15) is 35.4 Å². The fourth-order valence-electron chi connectivity index (χ4n) is 3.36. The highest BCUT2D eigenvalue weighted by atomic mass is 35.5. The fourth-order valence-corrected chi connectivity index (χ4v) is 3.57. The van der Waals surface area contributed by atoms with Gasteiger partial charge in [-0.15, -0.1) is 0 Å². The number of carboxylic acid groups (broad SMARTS) is 1. The average Bonchev–Trinajstić information content (AvgIpc) is 3.19. The Labute approximate surface area is 172 Å². The fraction of sp³-hybridized carbons (Fsp3) is 0.421. The highest BCUT2D eigenvalue weighted by molar-refractivity contribution is 6.30. The molecule has 1 unspecified atom stereocenters. The Morgan fingerprint density at radius 1 is 1.34 bits per heavy atom. The van der Waals surface area contributed by atoms with Crippen LogP contribution in [0.5, 0.6) is 0 Å². The second kappa shape index (κ2) is 10.9. The molecule has 158 valence electrons. The van der Waals surface area contributed by atoms with Crippen LogP contribution in [0.15, 0.2) is 36.5 Å². The molecule has 2 aromatic rings. The van der Waals surface area contributed by atoms with Gasteiger partial charge in [0.15, 0.2) is 5.69 Å². The third-order valence-electron chi connectivity index (χ3n) is 4.82. The van der Waals surface area contributed by atoms with Gasteiger partial charge < -0.3 is 15.7 Å². The number of nitrogens with zero attached hydrogens (tertiary/aromatic N) is 3. The number of likely N-dealkylation sites (tertiary alicyclic amines) is 1. The number of carbonyl (C=O) groups is 2. The van der Waals surface area contributed by atoms with Crippen LogP contribution in [-0.4, -0.2) is 51.3 Å². The molecule has 1 aliphatic rings. The van der Waals surface area contributed by atoms with Gasteiger partial charge in [-0.05, 0) is 48.9 Å². The Morgan fingerprint density at radius 2 is 2.00 bits per heavy atom. The quantitative estimate of drug-likeness (QED) is 0.713. The Kier molecular flexibility index (Phi) is 8.53. The van der Waals surface area contributed by atoms with Crippen LogP contribution in [-0.2, 0) is 11.2 Å². The van der Waals surface area contributed by atoms with Crippen LogP contribution in [0.4, 0.5) is 8.78 Å². The molecule has 0 saturated carbocycles. The molecule has 1 aromatic carbocycles. The van der Waals surface area contributed by atoms with Crippen LogP contribution in [0, 0.1) is 5.92 Å². The molecule has 7 nitrogen and oxygen atoms in total. The predicted octanol–water partition coefficient (Wildman–Crippen LogP) is 3.05. The first-order valence-corrected chi connectivity index (χ1v) is 9.44. The van der Waals surface area contributed by atoms with Crippen LogP contribution < -0.4 is 5.73 Å². The van der Waals surface area contributed by atoms with E-state index in [4.69, 9.17) is 27.2 Å². The van der Waals surface area contributed by atoms with Crippen molar-refractivity contribution in [3.8, 4) is 0 Å². The van der Waals surface area contributed by atoms with Gasteiger partial charge >= 0.3 is 6.55 Å². The van der Waals surface area contributed by atoms with Crippen molar-refractivity contribution in [2.75, 3.05) is 13.1 Å². The van der Waals surface area contributed by atoms with Crippen molar-refractivity contribution < 1.29 is 23.5 Å². The number of aromatic nitrogens is 2. The number of carbonyl (C=O) groups excluding carboxylic acids is 1. The molecule has 29 heavy (non-hydrogen) atoms. The Bertz CT molecular complexity index is 810. The monoisotopic (exact) mass is 428 g/mol. The number of benzene rings is 1. The van der Waals surface area contributed by atoms with Gasteiger partial charge in [0.1, 0.15) is 0 Å². The van der Waals surface area contributed by atoms with Crippen molar-refractivity contribution in [3.05, 3.63) is 52.8 Å². The molecule has 0 aliphatic carbocycles. The maximum atomic E-state index is 12.6. The maximum Gasteiger partial charge on any atom is 0.333 e. The van der Waals surface area contributed by atoms with Crippen LogP contribution in [0.3, 0.4) is 0 Å². The minimum absolute atomic E-state index is 0.0104. The van der Waals surface area contributed by atoms with Crippen LogP contribution in [0.25, 0.3) is 0 Å². The standard InChI is InChI=1S/C18H21ClF2N4O.CH2O2/c19-14-3-1-2-12(10-14)11-15(22)13-4-7-24(8-5-13)17(26)16-6-9-25(23-16)18(20)21;2-1-3/h1-3,6,9-10,13,15,18H,4-5,7-8,11,22H2;1H,(H,2,3). The molecule has 1 amide bonds. The average molecular weight is 429 g/mol. The molecule has 3 rings (SSSR count). The first kappa shape index (κ1) is 22.8. The van der Waals surface area contributed by atoms with Crippen LogP contribution >= 0.6 is 11.6 Å². The number of rotatable bonds is 5. The molecule has 2 heterocycles. The van der Waals surface area contributed by atoms with E-state index in [9.17, 15) is 13.6 Å². The molecule has 0 spiro atoms. The molecule has 1 aliphatic heterocycles. The minimum atomic E-state index is -2.74. The largest absolute Gasteiger partial charge is 0.483 e. The van der Waals surface area contributed by atoms with Crippen molar-refractivity contribution in [1.82, 2.24) is 14.7 Å². The Morgan fingerprint density at radius 3 is 2.55 bits per heavy atom.